The van der Waals surface area contributed by atoms with Crippen molar-refractivity contribution in [2.75, 3.05) is 13.1 Å². The van der Waals surface area contributed by atoms with Gasteiger partial charge >= 0.3 is 12.1 Å². The third kappa shape index (κ3) is 3.08. The van der Waals surface area contributed by atoms with Crippen LogP contribution in [0.2, 0.25) is 0 Å². The molecule has 0 saturated heterocycles. The summed E-state index contributed by atoms with van der Waals surface area (Å²) in [5.74, 6) is -1.64. The number of halogens is 4. The second kappa shape index (κ2) is 5.63. The molecule has 2 rings (SSSR count). The molecule has 110 valence electrons. The van der Waals surface area contributed by atoms with Crippen LogP contribution in [0.4, 0.5) is 13.2 Å². The highest BCUT2D eigenvalue weighted by Crippen LogP contribution is 2.31. The zero-order chi connectivity index (χ0) is 14.9. The summed E-state index contributed by atoms with van der Waals surface area (Å²) >= 11 is 3.34. The molecule has 1 N–H and O–H groups in total. The normalized spacial score (nSPS) is 16.3. The topological polar surface area (TPSA) is 40.5 Å². The maximum atomic E-state index is 12.5. The first-order chi connectivity index (χ1) is 9.30. The van der Waals surface area contributed by atoms with E-state index < -0.39 is 12.1 Å². The monoisotopic (exact) mass is 351 g/mol. The van der Waals surface area contributed by atoms with Crippen molar-refractivity contribution in [3.63, 3.8) is 0 Å². The van der Waals surface area contributed by atoms with Gasteiger partial charge in [-0.1, -0.05) is 15.9 Å². The van der Waals surface area contributed by atoms with Crippen molar-refractivity contribution >= 4 is 21.8 Å². The van der Waals surface area contributed by atoms with Crippen LogP contribution < -0.4 is 0 Å². The van der Waals surface area contributed by atoms with E-state index in [9.17, 15) is 23.1 Å². The molecule has 1 heterocycles. The Bertz CT molecular complexity index is 531. The lowest BCUT2D eigenvalue weighted by atomic mass is 9.97. The summed E-state index contributed by atoms with van der Waals surface area (Å²) in [6.07, 6.45) is -3.72. The maximum absolute atomic E-state index is 12.5. The van der Waals surface area contributed by atoms with Crippen LogP contribution in [0.5, 0.6) is 5.75 Å². The van der Waals surface area contributed by atoms with Crippen molar-refractivity contribution in [1.82, 2.24) is 4.90 Å². The minimum absolute atomic E-state index is 0.00655. The Kier molecular flexibility index (Phi) is 4.27. The van der Waals surface area contributed by atoms with Gasteiger partial charge in [-0.15, -0.1) is 0 Å². The molecule has 1 aromatic rings. The van der Waals surface area contributed by atoms with E-state index in [-0.39, 0.29) is 25.3 Å². The Hall–Kier alpha value is -1.24. The minimum Gasteiger partial charge on any atom is -0.508 e. The van der Waals surface area contributed by atoms with Gasteiger partial charge < -0.3 is 10.0 Å². The highest BCUT2D eigenvalue weighted by molar-refractivity contribution is 9.10. The Morgan fingerprint density at radius 1 is 1.20 bits per heavy atom. The molecular formula is C13H13BrF3NO2. The van der Waals surface area contributed by atoms with E-state index >= 15 is 0 Å². The molecule has 0 aromatic heterocycles. The van der Waals surface area contributed by atoms with Crippen LogP contribution in [0.1, 0.15) is 17.5 Å². The number of aromatic hydroxyl groups is 1. The number of rotatable bonds is 0. The van der Waals surface area contributed by atoms with Gasteiger partial charge in [0.05, 0.1) is 0 Å². The van der Waals surface area contributed by atoms with E-state index in [0.29, 0.717) is 12.8 Å². The summed E-state index contributed by atoms with van der Waals surface area (Å²) in [6, 6.07) is 3.22. The molecule has 0 saturated carbocycles. The van der Waals surface area contributed by atoms with Crippen molar-refractivity contribution in [2.45, 2.75) is 25.4 Å². The van der Waals surface area contributed by atoms with Crippen LogP contribution in [0.3, 0.4) is 0 Å². The number of hydrogen-bond acceptors (Lipinski definition) is 2. The van der Waals surface area contributed by atoms with Crippen LogP contribution in [0, 0.1) is 0 Å². The Morgan fingerprint density at radius 2 is 1.90 bits per heavy atom. The fraction of sp³-hybridized carbons (Fsp3) is 0.462. The van der Waals surface area contributed by atoms with Crippen molar-refractivity contribution in [3.05, 3.63) is 27.7 Å². The summed E-state index contributed by atoms with van der Waals surface area (Å²) in [7, 11) is 0. The van der Waals surface area contributed by atoms with Crippen molar-refractivity contribution < 1.29 is 23.1 Å². The second-order valence-electron chi connectivity index (χ2n) is 4.67. The van der Waals surface area contributed by atoms with Gasteiger partial charge in [-0.3, -0.25) is 4.79 Å². The molecule has 0 fully saturated rings. The second-order valence-corrected chi connectivity index (χ2v) is 5.52. The quantitative estimate of drug-likeness (QED) is 0.780. The largest absolute Gasteiger partial charge is 0.508 e. The lowest BCUT2D eigenvalue weighted by Crippen LogP contribution is -2.43. The fourth-order valence-corrected chi connectivity index (χ4v) is 2.96. The molecule has 0 bridgehead atoms. The molecule has 0 radical (unpaired) electrons. The predicted molar refractivity (Wildman–Crippen MR) is 70.5 cm³/mol. The third-order valence-corrected chi connectivity index (χ3v) is 4.11. The molecule has 1 amide bonds. The minimum atomic E-state index is -4.84. The molecule has 1 aliphatic heterocycles. The van der Waals surface area contributed by atoms with E-state index in [1.165, 1.54) is 0 Å². The number of benzene rings is 1. The van der Waals surface area contributed by atoms with Gasteiger partial charge in [0.25, 0.3) is 0 Å². The summed E-state index contributed by atoms with van der Waals surface area (Å²) in [6.45, 7) is 0.0388. The highest BCUT2D eigenvalue weighted by Gasteiger charge is 2.42. The average molecular weight is 352 g/mol. The number of nitrogens with zero attached hydrogens (tertiary/aromatic N) is 1. The summed E-state index contributed by atoms with van der Waals surface area (Å²) < 4.78 is 38.1. The number of carbonyl (C=O) groups excluding carboxylic acids is 1. The van der Waals surface area contributed by atoms with Crippen LogP contribution in [-0.2, 0) is 17.6 Å². The van der Waals surface area contributed by atoms with E-state index in [0.717, 1.165) is 20.5 Å². The SMILES string of the molecule is O=C(N1CCCc2c(O)ccc(Br)c2CC1)C(F)(F)F. The van der Waals surface area contributed by atoms with E-state index in [2.05, 4.69) is 15.9 Å². The summed E-state index contributed by atoms with van der Waals surface area (Å²) in [4.78, 5) is 12.1. The van der Waals surface area contributed by atoms with Crippen molar-refractivity contribution in [2.24, 2.45) is 0 Å². The number of carbonyl (C=O) groups is 1. The molecule has 0 spiro atoms. The first-order valence-electron chi connectivity index (χ1n) is 6.16. The molecule has 20 heavy (non-hydrogen) atoms. The predicted octanol–water partition coefficient (Wildman–Crippen LogP) is 3.03. The highest BCUT2D eigenvalue weighted by atomic mass is 79.9. The Morgan fingerprint density at radius 3 is 2.55 bits per heavy atom. The first-order valence-corrected chi connectivity index (χ1v) is 6.95. The number of phenols is 1. The summed E-state index contributed by atoms with van der Waals surface area (Å²) in [5, 5.41) is 9.82. The van der Waals surface area contributed by atoms with E-state index in [1.54, 1.807) is 12.1 Å². The molecule has 1 aromatic carbocycles. The number of fused-ring (bicyclic) bond motifs is 1. The van der Waals surface area contributed by atoms with E-state index in [1.807, 2.05) is 0 Å². The lowest BCUT2D eigenvalue weighted by Gasteiger charge is -2.27. The van der Waals surface area contributed by atoms with Gasteiger partial charge in [0.2, 0.25) is 0 Å². The molecule has 0 atom stereocenters. The van der Waals surface area contributed by atoms with Gasteiger partial charge in [0, 0.05) is 17.6 Å². The molecule has 0 unspecified atom stereocenters. The van der Waals surface area contributed by atoms with Gasteiger partial charge in [0.15, 0.2) is 0 Å². The average Bonchev–Trinajstić information content (AvgIpc) is 2.32. The Balaban J connectivity index is 2.23. The van der Waals surface area contributed by atoms with Crippen LogP contribution in [0.15, 0.2) is 16.6 Å². The molecule has 3 nitrogen and oxygen atoms in total. The number of alkyl halides is 3. The smallest absolute Gasteiger partial charge is 0.471 e. The first kappa shape index (κ1) is 15.2. The van der Waals surface area contributed by atoms with Gasteiger partial charge in [-0.05, 0) is 42.5 Å². The number of phenolic OH excluding ortho intramolecular Hbond substituents is 1. The molecular weight excluding hydrogens is 339 g/mol. The zero-order valence-corrected chi connectivity index (χ0v) is 12.1. The Labute approximate surface area is 122 Å². The van der Waals surface area contributed by atoms with Crippen molar-refractivity contribution in [1.29, 1.82) is 0 Å². The lowest BCUT2D eigenvalue weighted by molar-refractivity contribution is -0.185. The number of amides is 1. The standard InChI is InChI=1S/C13H13BrF3NO2/c14-10-3-4-11(19)9-2-1-6-18(7-5-8(9)10)12(20)13(15,16)17/h3-4,19H,1-2,5-7H2. The van der Waals surface area contributed by atoms with Crippen molar-refractivity contribution in [3.8, 4) is 5.75 Å². The van der Waals surface area contributed by atoms with Gasteiger partial charge in [-0.2, -0.15) is 13.2 Å². The zero-order valence-electron chi connectivity index (χ0n) is 10.5. The van der Waals surface area contributed by atoms with Gasteiger partial charge in [-0.25, -0.2) is 0 Å². The van der Waals surface area contributed by atoms with Crippen LogP contribution >= 0.6 is 15.9 Å². The van der Waals surface area contributed by atoms with Crippen LogP contribution in [-0.4, -0.2) is 35.2 Å². The summed E-state index contributed by atoms with van der Waals surface area (Å²) in [5.41, 5.74) is 1.52. The molecule has 7 heteroatoms. The molecule has 1 aliphatic rings. The number of hydrogen-bond donors (Lipinski definition) is 1. The fourth-order valence-electron chi connectivity index (χ4n) is 2.39. The van der Waals surface area contributed by atoms with Crippen LogP contribution in [0.25, 0.3) is 0 Å². The van der Waals surface area contributed by atoms with Gasteiger partial charge in [0.1, 0.15) is 5.75 Å². The third-order valence-electron chi connectivity index (χ3n) is 3.37. The van der Waals surface area contributed by atoms with E-state index in [4.69, 9.17) is 0 Å². The molecule has 0 aliphatic carbocycles. The maximum Gasteiger partial charge on any atom is 0.471 e.